The molecule has 2 aliphatic rings. The number of amides is 3. The maximum atomic E-state index is 12.9. The summed E-state index contributed by atoms with van der Waals surface area (Å²) in [5.74, 6) is -0.337. The second-order valence-electron chi connectivity index (χ2n) is 13.4. The Hall–Kier alpha value is -6.63. The Morgan fingerprint density at radius 1 is 0.909 bits per heavy atom. The van der Waals surface area contributed by atoms with Gasteiger partial charge in [-0.25, -0.2) is 0 Å². The third-order valence-corrected chi connectivity index (χ3v) is 9.53. The van der Waals surface area contributed by atoms with Crippen LogP contribution >= 0.6 is 0 Å². The van der Waals surface area contributed by atoms with Gasteiger partial charge in [0.05, 0.1) is 35.3 Å². The van der Waals surface area contributed by atoms with Crippen LogP contribution in [0.1, 0.15) is 63.4 Å². The van der Waals surface area contributed by atoms with Crippen molar-refractivity contribution in [2.45, 2.75) is 38.1 Å². The van der Waals surface area contributed by atoms with Gasteiger partial charge >= 0.3 is 0 Å². The van der Waals surface area contributed by atoms with Gasteiger partial charge in [0.2, 0.25) is 5.91 Å². The summed E-state index contributed by atoms with van der Waals surface area (Å²) in [6, 6.07) is 24.1. The van der Waals surface area contributed by atoms with E-state index >= 15 is 0 Å². The first-order chi connectivity index (χ1) is 26.6. The number of carbonyl (C=O) groups is 4. The number of phenolic OH excluding ortho intramolecular Hbond substituents is 1. The van der Waals surface area contributed by atoms with Crippen LogP contribution in [-0.2, 0) is 18.9 Å². The summed E-state index contributed by atoms with van der Waals surface area (Å²) in [7, 11) is 5.50. The monoisotopic (exact) mass is 743 g/mol. The molecule has 13 heteroatoms. The number of phenols is 1. The van der Waals surface area contributed by atoms with Crippen LogP contribution in [-0.4, -0.2) is 75.6 Å². The highest BCUT2D eigenvalue weighted by Gasteiger charge is 2.31. The number of benzene rings is 3. The molecule has 7 rings (SSSR count). The lowest BCUT2D eigenvalue weighted by Crippen LogP contribution is -2.43. The predicted octanol–water partition coefficient (Wildman–Crippen LogP) is 7.04. The zero-order valence-corrected chi connectivity index (χ0v) is 31.1. The fraction of sp³-hybridized carbons (Fsp3) is 0.262. The topological polar surface area (TPSA) is 159 Å². The van der Waals surface area contributed by atoms with Crippen molar-refractivity contribution in [3.05, 3.63) is 108 Å². The molecule has 4 heterocycles. The standard InChI is InChI=1S/C23H26N4O5.C19H19N3O/c1-26-13-15(9-17(26)14-28)25-22(30)6-4-8-32-21-11-19-18(10-20(21)29)23(31)27-7-3-2-5-16(27)12-24-19;1-20-16-10-8-14(9-11-16)15-12-18(22(2)13-15)19(23)21-17-6-4-3-5-7-17/h9-14,16,29H,2-8H2,1H3,(H,25,30);3-13,20H,1-2H3,(H,21,23). The first-order valence-electron chi connectivity index (χ1n) is 18.2. The summed E-state index contributed by atoms with van der Waals surface area (Å²) >= 11 is 0. The third kappa shape index (κ3) is 9.30. The number of aromatic nitrogens is 2. The van der Waals surface area contributed by atoms with Crippen molar-refractivity contribution in [1.82, 2.24) is 14.0 Å². The van der Waals surface area contributed by atoms with Crippen molar-refractivity contribution in [2.75, 3.05) is 36.1 Å². The summed E-state index contributed by atoms with van der Waals surface area (Å²) in [6.45, 7) is 0.899. The summed E-state index contributed by atoms with van der Waals surface area (Å²) < 4.78 is 9.14. The Bertz CT molecular complexity index is 2190. The lowest BCUT2D eigenvalue weighted by molar-refractivity contribution is -0.116. The van der Waals surface area contributed by atoms with Crippen LogP contribution in [0.3, 0.4) is 0 Å². The Morgan fingerprint density at radius 2 is 1.69 bits per heavy atom. The van der Waals surface area contributed by atoms with Gasteiger partial charge in [0.25, 0.3) is 11.8 Å². The number of para-hydroxylation sites is 1. The molecule has 1 saturated heterocycles. The molecule has 2 aromatic heterocycles. The SMILES string of the molecule is CNc1ccc(-c2cc(C(=O)Nc3ccccc3)n(C)c2)cc1.Cn1cc(NC(=O)CCCOc2cc3c(cc2O)C(=O)N2CCCCC2C=N3)cc1C=O. The van der Waals surface area contributed by atoms with Crippen LogP contribution in [0, 0.1) is 0 Å². The molecule has 4 N–H and O–H groups in total. The van der Waals surface area contributed by atoms with Crippen molar-refractivity contribution in [3.8, 4) is 22.6 Å². The number of rotatable bonds is 11. The number of hydrogen-bond acceptors (Lipinski definition) is 8. The molecule has 1 atom stereocenters. The van der Waals surface area contributed by atoms with Gasteiger partial charge in [-0.1, -0.05) is 30.3 Å². The second kappa shape index (κ2) is 17.5. The van der Waals surface area contributed by atoms with Crippen molar-refractivity contribution in [3.63, 3.8) is 0 Å². The number of carbonyl (C=O) groups excluding carboxylic acids is 4. The summed E-state index contributed by atoms with van der Waals surface area (Å²) in [5, 5.41) is 19.1. The van der Waals surface area contributed by atoms with Crippen molar-refractivity contribution >= 4 is 53.0 Å². The zero-order chi connectivity index (χ0) is 38.9. The molecule has 0 aliphatic carbocycles. The number of ether oxygens (including phenoxy) is 1. The maximum Gasteiger partial charge on any atom is 0.272 e. The number of aryl methyl sites for hydroxylation is 2. The van der Waals surface area contributed by atoms with E-state index in [1.807, 2.05) is 90.4 Å². The molecule has 3 amide bonds. The Kier molecular flexibility index (Phi) is 12.1. The molecule has 0 radical (unpaired) electrons. The Labute approximate surface area is 319 Å². The summed E-state index contributed by atoms with van der Waals surface area (Å²) in [6.07, 6.45) is 9.71. The second-order valence-corrected chi connectivity index (χ2v) is 13.4. The molecule has 0 bridgehead atoms. The minimum Gasteiger partial charge on any atom is -0.504 e. The molecule has 284 valence electrons. The molecule has 0 spiro atoms. The zero-order valence-electron chi connectivity index (χ0n) is 31.1. The van der Waals surface area contributed by atoms with Crippen LogP contribution < -0.4 is 20.7 Å². The van der Waals surface area contributed by atoms with E-state index < -0.39 is 0 Å². The van der Waals surface area contributed by atoms with Gasteiger partial charge in [0.1, 0.15) is 5.69 Å². The number of hydrogen-bond donors (Lipinski definition) is 4. The first kappa shape index (κ1) is 38.1. The normalized spacial score (nSPS) is 14.4. The number of aromatic hydroxyl groups is 1. The van der Waals surface area contributed by atoms with E-state index in [9.17, 15) is 24.3 Å². The number of nitrogens with zero attached hydrogens (tertiary/aromatic N) is 4. The highest BCUT2D eigenvalue weighted by molar-refractivity contribution is 6.04. The van der Waals surface area contributed by atoms with E-state index in [1.54, 1.807) is 36.2 Å². The van der Waals surface area contributed by atoms with Gasteiger partial charge in [0.15, 0.2) is 17.8 Å². The van der Waals surface area contributed by atoms with E-state index in [0.29, 0.717) is 41.3 Å². The molecular weight excluding hydrogens is 699 g/mol. The van der Waals surface area contributed by atoms with Gasteiger partial charge in [-0.05, 0) is 73.7 Å². The molecular formula is C42H45N7O6. The number of anilines is 3. The lowest BCUT2D eigenvalue weighted by Gasteiger charge is -2.32. The van der Waals surface area contributed by atoms with Gasteiger partial charge in [-0.3, -0.25) is 24.2 Å². The third-order valence-electron chi connectivity index (χ3n) is 9.53. The molecule has 1 fully saturated rings. The number of aldehydes is 1. The molecule has 2 aliphatic heterocycles. The fourth-order valence-electron chi connectivity index (χ4n) is 6.54. The molecule has 3 aromatic carbocycles. The van der Waals surface area contributed by atoms with Crippen LogP contribution in [0.5, 0.6) is 11.5 Å². The van der Waals surface area contributed by atoms with E-state index in [1.165, 1.54) is 6.07 Å². The van der Waals surface area contributed by atoms with Crippen LogP contribution in [0.25, 0.3) is 11.1 Å². The average molecular weight is 744 g/mol. The molecule has 13 nitrogen and oxygen atoms in total. The first-order valence-corrected chi connectivity index (χ1v) is 18.2. The number of aliphatic imine (C=N–C) groups is 1. The van der Waals surface area contributed by atoms with E-state index in [2.05, 4.69) is 20.9 Å². The number of nitrogens with one attached hydrogen (secondary N) is 3. The van der Waals surface area contributed by atoms with E-state index in [4.69, 9.17) is 4.74 Å². The quantitative estimate of drug-likeness (QED) is 0.0835. The van der Waals surface area contributed by atoms with Gasteiger partial charge in [-0.2, -0.15) is 0 Å². The highest BCUT2D eigenvalue weighted by atomic mass is 16.5. The minimum atomic E-state index is -0.199. The Morgan fingerprint density at radius 3 is 2.42 bits per heavy atom. The van der Waals surface area contributed by atoms with Gasteiger partial charge in [-0.15, -0.1) is 0 Å². The van der Waals surface area contributed by atoms with Gasteiger partial charge in [0, 0.05) is 75.7 Å². The van der Waals surface area contributed by atoms with Crippen LogP contribution in [0.15, 0.2) is 96.2 Å². The number of fused-ring (bicyclic) bond motifs is 2. The predicted molar refractivity (Wildman–Crippen MR) is 214 cm³/mol. The molecule has 0 saturated carbocycles. The fourth-order valence-corrected chi connectivity index (χ4v) is 6.54. The molecule has 5 aromatic rings. The maximum absolute atomic E-state index is 12.9. The molecule has 55 heavy (non-hydrogen) atoms. The van der Waals surface area contributed by atoms with Crippen molar-refractivity contribution in [2.24, 2.45) is 19.1 Å². The highest BCUT2D eigenvalue weighted by Crippen LogP contribution is 2.37. The van der Waals surface area contributed by atoms with Crippen molar-refractivity contribution in [1.29, 1.82) is 0 Å². The average Bonchev–Trinajstić information content (AvgIpc) is 3.73. The largest absolute Gasteiger partial charge is 0.504 e. The van der Waals surface area contributed by atoms with Crippen LogP contribution in [0.4, 0.5) is 22.7 Å². The Balaban J connectivity index is 0.000000197. The van der Waals surface area contributed by atoms with Gasteiger partial charge < -0.3 is 39.8 Å². The smallest absolute Gasteiger partial charge is 0.272 e. The number of piperidine rings is 1. The van der Waals surface area contributed by atoms with Crippen molar-refractivity contribution < 1.29 is 29.0 Å². The summed E-state index contributed by atoms with van der Waals surface area (Å²) in [4.78, 5) is 54.6. The van der Waals surface area contributed by atoms with E-state index in [-0.39, 0.29) is 48.3 Å². The minimum absolute atomic E-state index is 0.0131. The van der Waals surface area contributed by atoms with E-state index in [0.717, 1.165) is 48.1 Å². The summed E-state index contributed by atoms with van der Waals surface area (Å²) in [5.41, 5.74) is 6.46. The van der Waals surface area contributed by atoms with Crippen LogP contribution in [0.2, 0.25) is 0 Å². The molecule has 1 unspecified atom stereocenters. The lowest BCUT2D eigenvalue weighted by atomic mass is 10.0.